The quantitative estimate of drug-likeness (QED) is 0.633. The molecule has 3 rings (SSSR count). The van der Waals surface area contributed by atoms with Crippen LogP contribution in [0.3, 0.4) is 0 Å². The molecule has 2 aliphatic rings. The first-order valence-corrected chi connectivity index (χ1v) is 8.28. The first kappa shape index (κ1) is 15.7. The van der Waals surface area contributed by atoms with Crippen molar-refractivity contribution in [2.24, 2.45) is 11.8 Å². The number of benzene rings is 1. The van der Waals surface area contributed by atoms with E-state index in [9.17, 15) is 14.4 Å². The number of hydrogen-bond acceptors (Lipinski definition) is 4. The highest BCUT2D eigenvalue weighted by Gasteiger charge is 2.48. The molecular formula is C18H21NO4. The molecule has 1 aliphatic heterocycles. The predicted molar refractivity (Wildman–Crippen MR) is 85.0 cm³/mol. The summed E-state index contributed by atoms with van der Waals surface area (Å²) in [6.07, 6.45) is 4.39. The molecule has 1 aromatic rings. The Bertz CT molecular complexity index is 598. The van der Waals surface area contributed by atoms with Crippen LogP contribution in [-0.2, 0) is 14.3 Å². The molecule has 0 aromatic heterocycles. The van der Waals surface area contributed by atoms with Crippen molar-refractivity contribution in [3.8, 4) is 0 Å². The van der Waals surface area contributed by atoms with Gasteiger partial charge >= 0.3 is 5.97 Å². The Morgan fingerprint density at radius 3 is 2.17 bits per heavy atom. The number of ether oxygens (including phenoxy) is 1. The molecule has 2 amide bonds. The molecule has 23 heavy (non-hydrogen) atoms. The highest BCUT2D eigenvalue weighted by Crippen LogP contribution is 2.40. The molecule has 5 nitrogen and oxygen atoms in total. The first-order chi connectivity index (χ1) is 11.1. The van der Waals surface area contributed by atoms with Gasteiger partial charge in [-0.25, -0.2) is 4.79 Å². The second-order valence-corrected chi connectivity index (χ2v) is 6.19. The molecule has 1 heterocycles. The Kier molecular flexibility index (Phi) is 4.46. The highest BCUT2D eigenvalue weighted by molar-refractivity contribution is 6.22. The maximum absolute atomic E-state index is 12.5. The molecule has 2 fully saturated rings. The van der Waals surface area contributed by atoms with Crippen LogP contribution in [-0.4, -0.2) is 24.4 Å². The smallest absolute Gasteiger partial charge is 0.338 e. The summed E-state index contributed by atoms with van der Waals surface area (Å²) >= 11 is 0. The summed E-state index contributed by atoms with van der Waals surface area (Å²) in [5, 5.41) is 0. The summed E-state index contributed by atoms with van der Waals surface area (Å²) < 4.78 is 5.08. The van der Waals surface area contributed by atoms with E-state index in [0.717, 1.165) is 32.1 Å². The second kappa shape index (κ2) is 6.52. The van der Waals surface area contributed by atoms with Crippen LogP contribution in [0, 0.1) is 11.8 Å². The third-order valence-electron chi connectivity index (χ3n) is 4.64. The van der Waals surface area contributed by atoms with Gasteiger partial charge < -0.3 is 4.74 Å². The van der Waals surface area contributed by atoms with Crippen LogP contribution >= 0.6 is 0 Å². The van der Waals surface area contributed by atoms with Gasteiger partial charge in [0.2, 0.25) is 11.8 Å². The largest absolute Gasteiger partial charge is 0.462 e. The van der Waals surface area contributed by atoms with Gasteiger partial charge in [-0.3, -0.25) is 14.5 Å². The summed E-state index contributed by atoms with van der Waals surface area (Å²) in [6, 6.07) is 6.51. The number of hydrogen-bond donors (Lipinski definition) is 0. The van der Waals surface area contributed by atoms with E-state index in [-0.39, 0.29) is 29.6 Å². The van der Waals surface area contributed by atoms with E-state index < -0.39 is 0 Å². The number of carbonyl (C=O) groups excluding carboxylic acids is 3. The molecule has 0 N–H and O–H groups in total. The number of nitrogens with zero attached hydrogens (tertiary/aromatic N) is 1. The van der Waals surface area contributed by atoms with Gasteiger partial charge in [-0.1, -0.05) is 19.8 Å². The predicted octanol–water partition coefficient (Wildman–Crippen LogP) is 2.93. The van der Waals surface area contributed by atoms with Crippen molar-refractivity contribution in [2.45, 2.75) is 39.0 Å². The molecular weight excluding hydrogens is 294 g/mol. The average Bonchev–Trinajstić information content (AvgIpc) is 2.84. The van der Waals surface area contributed by atoms with Gasteiger partial charge in [-0.15, -0.1) is 0 Å². The summed E-state index contributed by atoms with van der Waals surface area (Å²) in [5.74, 6) is -0.899. The summed E-state index contributed by atoms with van der Waals surface area (Å²) in [6.45, 7) is 2.31. The van der Waals surface area contributed by atoms with Crippen molar-refractivity contribution in [3.63, 3.8) is 0 Å². The average molecular weight is 315 g/mol. The Morgan fingerprint density at radius 1 is 1.09 bits per heavy atom. The maximum atomic E-state index is 12.5. The second-order valence-electron chi connectivity index (χ2n) is 6.19. The molecule has 2 atom stereocenters. The Balaban J connectivity index is 1.78. The van der Waals surface area contributed by atoms with Crippen LogP contribution in [0.5, 0.6) is 0 Å². The normalized spacial score (nSPS) is 23.8. The molecule has 122 valence electrons. The first-order valence-electron chi connectivity index (χ1n) is 8.28. The molecule has 1 aromatic carbocycles. The Hall–Kier alpha value is -2.17. The van der Waals surface area contributed by atoms with Crippen LogP contribution in [0.1, 0.15) is 49.4 Å². The van der Waals surface area contributed by atoms with Crippen molar-refractivity contribution in [1.29, 1.82) is 0 Å². The molecule has 1 saturated heterocycles. The molecule has 1 saturated carbocycles. The lowest BCUT2D eigenvalue weighted by Crippen LogP contribution is -2.30. The summed E-state index contributed by atoms with van der Waals surface area (Å²) in [5.41, 5.74) is 0.972. The lowest BCUT2D eigenvalue weighted by Gasteiger charge is -2.19. The Morgan fingerprint density at radius 2 is 1.65 bits per heavy atom. The minimum atomic E-state index is -0.383. The number of imide groups is 1. The van der Waals surface area contributed by atoms with Crippen LogP contribution in [0.2, 0.25) is 0 Å². The fourth-order valence-electron chi connectivity index (χ4n) is 3.44. The minimum absolute atomic E-state index is 0.0963. The molecule has 0 bridgehead atoms. The third-order valence-corrected chi connectivity index (χ3v) is 4.64. The van der Waals surface area contributed by atoms with E-state index in [4.69, 9.17) is 4.74 Å². The van der Waals surface area contributed by atoms with Crippen molar-refractivity contribution >= 4 is 23.5 Å². The lowest BCUT2D eigenvalue weighted by molar-refractivity contribution is -0.122. The van der Waals surface area contributed by atoms with Crippen LogP contribution in [0.25, 0.3) is 0 Å². The van der Waals surface area contributed by atoms with Crippen molar-refractivity contribution < 1.29 is 19.1 Å². The summed E-state index contributed by atoms with van der Waals surface area (Å²) in [7, 11) is 0. The van der Waals surface area contributed by atoms with E-state index in [0.29, 0.717) is 17.9 Å². The van der Waals surface area contributed by atoms with Gasteiger partial charge in [0.15, 0.2) is 0 Å². The molecule has 0 unspecified atom stereocenters. The van der Waals surface area contributed by atoms with Crippen LogP contribution in [0.4, 0.5) is 5.69 Å². The fraction of sp³-hybridized carbons (Fsp3) is 0.500. The zero-order valence-corrected chi connectivity index (χ0v) is 13.3. The highest BCUT2D eigenvalue weighted by atomic mass is 16.5. The topological polar surface area (TPSA) is 63.7 Å². The van der Waals surface area contributed by atoms with Gasteiger partial charge in [0.25, 0.3) is 0 Å². The van der Waals surface area contributed by atoms with Crippen molar-refractivity contribution in [3.05, 3.63) is 29.8 Å². The number of carbonyl (C=O) groups is 3. The van der Waals surface area contributed by atoms with Gasteiger partial charge in [0, 0.05) is 0 Å². The van der Waals surface area contributed by atoms with E-state index in [1.54, 1.807) is 24.3 Å². The zero-order chi connectivity index (χ0) is 16.4. The molecule has 0 radical (unpaired) electrons. The number of esters is 1. The van der Waals surface area contributed by atoms with Crippen LogP contribution in [0.15, 0.2) is 24.3 Å². The van der Waals surface area contributed by atoms with Crippen molar-refractivity contribution in [2.75, 3.05) is 11.5 Å². The number of anilines is 1. The maximum Gasteiger partial charge on any atom is 0.338 e. The lowest BCUT2D eigenvalue weighted by atomic mass is 9.81. The SMILES string of the molecule is CCCOC(=O)c1ccc(N2C(=O)[C@@H]3CCCC[C@H]3C2=O)cc1. The number of fused-ring (bicyclic) bond motifs is 1. The molecule has 0 spiro atoms. The standard InChI is InChI=1S/C18H21NO4/c1-2-11-23-18(22)12-7-9-13(10-8-12)19-16(20)14-5-3-4-6-15(14)17(19)21/h7-10,14-15H,2-6,11H2,1H3/t14-,15-/m1/s1. The van der Waals surface area contributed by atoms with Crippen molar-refractivity contribution in [1.82, 2.24) is 0 Å². The van der Waals surface area contributed by atoms with E-state index in [1.807, 2.05) is 6.92 Å². The summed E-state index contributed by atoms with van der Waals surface area (Å²) in [4.78, 5) is 38.1. The van der Waals surface area contributed by atoms with Gasteiger partial charge in [-0.2, -0.15) is 0 Å². The van der Waals surface area contributed by atoms with Gasteiger partial charge in [0.05, 0.1) is 29.7 Å². The van der Waals surface area contributed by atoms with Crippen LogP contribution < -0.4 is 4.90 Å². The number of amides is 2. The monoisotopic (exact) mass is 315 g/mol. The molecule has 1 aliphatic carbocycles. The number of rotatable bonds is 4. The Labute approximate surface area is 135 Å². The zero-order valence-electron chi connectivity index (χ0n) is 13.3. The van der Waals surface area contributed by atoms with Gasteiger partial charge in [-0.05, 0) is 43.5 Å². The fourth-order valence-corrected chi connectivity index (χ4v) is 3.44. The van der Waals surface area contributed by atoms with E-state index >= 15 is 0 Å². The van der Waals surface area contributed by atoms with E-state index in [2.05, 4.69) is 0 Å². The molecule has 5 heteroatoms. The van der Waals surface area contributed by atoms with Gasteiger partial charge in [0.1, 0.15) is 0 Å². The van der Waals surface area contributed by atoms with E-state index in [1.165, 1.54) is 4.90 Å². The minimum Gasteiger partial charge on any atom is -0.462 e. The third kappa shape index (κ3) is 2.87.